The molecule has 3 aromatic rings. The summed E-state index contributed by atoms with van der Waals surface area (Å²) in [5.41, 5.74) is 0.150. The van der Waals surface area contributed by atoms with E-state index in [4.69, 9.17) is 0 Å². The van der Waals surface area contributed by atoms with Gasteiger partial charge in [-0.2, -0.15) is 0 Å². The highest BCUT2D eigenvalue weighted by molar-refractivity contribution is 8.01. The van der Waals surface area contributed by atoms with Crippen molar-refractivity contribution >= 4 is 46.5 Å². The molecule has 0 spiro atoms. The van der Waals surface area contributed by atoms with Crippen LogP contribution in [0.5, 0.6) is 0 Å². The number of H-pyrrole nitrogens is 1. The molecule has 190 valence electrons. The topological polar surface area (TPSA) is 164 Å². The molecular weight excluding hydrogens is 498 g/mol. The third kappa shape index (κ3) is 4.12. The third-order valence-corrected chi connectivity index (χ3v) is 8.09. The molecule has 4 atom stereocenters. The number of hydrogen-bond acceptors (Lipinski definition) is 8. The summed E-state index contributed by atoms with van der Waals surface area (Å²) >= 11 is 1.26. The van der Waals surface area contributed by atoms with Gasteiger partial charge >= 0.3 is 0 Å². The van der Waals surface area contributed by atoms with Crippen LogP contribution in [0.15, 0.2) is 59.7 Å². The SMILES string of the molecule is CC1(C)S[C@@H]2[C@H](NC(=O)[C@H](NC(=O)c3c[nH]c4cccnc4c3=O)c3ccccc3)C(=O)N2[C@H]1C(=O)[O-]. The lowest BCUT2D eigenvalue weighted by Crippen LogP contribution is -2.72. The van der Waals surface area contributed by atoms with Crippen molar-refractivity contribution in [1.29, 1.82) is 0 Å². The van der Waals surface area contributed by atoms with Crippen LogP contribution in [0.1, 0.15) is 35.8 Å². The normalized spacial score (nSPS) is 22.6. The number of β-lactam (4-membered cyclic amide) rings is 1. The van der Waals surface area contributed by atoms with Gasteiger partial charge in [-0.15, -0.1) is 11.8 Å². The number of hydrogen-bond donors (Lipinski definition) is 3. The number of benzene rings is 1. The largest absolute Gasteiger partial charge is 0.548 e. The minimum absolute atomic E-state index is 0.0827. The number of amides is 3. The van der Waals surface area contributed by atoms with Crippen LogP contribution in [0.4, 0.5) is 0 Å². The second kappa shape index (κ2) is 9.04. The monoisotopic (exact) mass is 520 g/mol. The summed E-state index contributed by atoms with van der Waals surface area (Å²) in [5.74, 6) is -3.38. The molecule has 0 radical (unpaired) electrons. The van der Waals surface area contributed by atoms with E-state index in [1.807, 2.05) is 0 Å². The van der Waals surface area contributed by atoms with E-state index in [1.54, 1.807) is 56.3 Å². The highest BCUT2D eigenvalue weighted by Crippen LogP contribution is 2.50. The average Bonchev–Trinajstić information content (AvgIpc) is 3.14. The highest BCUT2D eigenvalue weighted by Gasteiger charge is 2.62. The number of aliphatic carboxylic acids is 1. The molecule has 1 aromatic carbocycles. The quantitative estimate of drug-likeness (QED) is 0.373. The van der Waals surface area contributed by atoms with Gasteiger partial charge in [0, 0.05) is 17.1 Å². The van der Waals surface area contributed by atoms with Crippen molar-refractivity contribution in [3.05, 3.63) is 76.2 Å². The third-order valence-electron chi connectivity index (χ3n) is 6.52. The number of rotatable bonds is 6. The van der Waals surface area contributed by atoms with Gasteiger partial charge in [-0.05, 0) is 31.5 Å². The van der Waals surface area contributed by atoms with E-state index in [-0.39, 0.29) is 11.1 Å². The minimum Gasteiger partial charge on any atom is -0.548 e. The fourth-order valence-corrected chi connectivity index (χ4v) is 6.35. The lowest BCUT2D eigenvalue weighted by atomic mass is 9.95. The van der Waals surface area contributed by atoms with Crippen molar-refractivity contribution in [2.45, 2.75) is 42.1 Å². The van der Waals surface area contributed by atoms with E-state index >= 15 is 0 Å². The predicted octanol–water partition coefficient (Wildman–Crippen LogP) is -0.309. The van der Waals surface area contributed by atoms with Gasteiger partial charge in [0.1, 0.15) is 28.5 Å². The van der Waals surface area contributed by atoms with Crippen molar-refractivity contribution < 1.29 is 24.3 Å². The van der Waals surface area contributed by atoms with Gasteiger partial charge in [0.15, 0.2) is 0 Å². The Morgan fingerprint density at radius 2 is 1.86 bits per heavy atom. The number of pyridine rings is 2. The molecule has 2 fully saturated rings. The molecule has 2 aliphatic rings. The lowest BCUT2D eigenvalue weighted by Gasteiger charge is -2.45. The fraction of sp³-hybridized carbons (Fsp3) is 0.280. The van der Waals surface area contributed by atoms with Crippen LogP contribution in [-0.4, -0.2) is 60.8 Å². The summed E-state index contributed by atoms with van der Waals surface area (Å²) in [6.07, 6.45) is 2.69. The Morgan fingerprint density at radius 3 is 2.57 bits per heavy atom. The lowest BCUT2D eigenvalue weighted by molar-refractivity contribution is -0.312. The maximum Gasteiger partial charge on any atom is 0.257 e. The standard InChI is InChI=1S/C25H23N5O6S/c1-25(2)19(24(35)36)30-22(34)17(23(30)37-25)29-21(33)15(12-7-4-3-5-8-12)28-20(32)13-11-27-14-9-6-10-26-16(14)18(13)31/h3-11,15,17,19,23H,1-2H3,(H,27,31)(H,28,32)(H,29,33)(H,35,36)/p-1/t15-,17-,19+,23-/m1/s1. The summed E-state index contributed by atoms with van der Waals surface area (Å²) in [6, 6.07) is 8.34. The van der Waals surface area contributed by atoms with Crippen molar-refractivity contribution in [3.8, 4) is 0 Å². The van der Waals surface area contributed by atoms with Crippen LogP contribution in [-0.2, 0) is 14.4 Å². The van der Waals surface area contributed by atoms with Crippen LogP contribution in [0, 0.1) is 0 Å². The first-order chi connectivity index (χ1) is 17.6. The first-order valence-electron chi connectivity index (χ1n) is 11.4. The molecule has 12 heteroatoms. The van der Waals surface area contributed by atoms with E-state index < -0.39 is 57.4 Å². The van der Waals surface area contributed by atoms with Crippen molar-refractivity contribution in [3.63, 3.8) is 0 Å². The number of carbonyl (C=O) groups is 4. The number of carboxylic acid groups (broad SMARTS) is 1. The molecule has 11 nitrogen and oxygen atoms in total. The molecule has 4 heterocycles. The first-order valence-corrected chi connectivity index (χ1v) is 12.3. The number of fused-ring (bicyclic) bond motifs is 2. The zero-order valence-electron chi connectivity index (χ0n) is 19.8. The predicted molar refractivity (Wildman–Crippen MR) is 132 cm³/mol. The number of thioether (sulfide) groups is 1. The van der Waals surface area contributed by atoms with Crippen LogP contribution < -0.4 is 21.2 Å². The van der Waals surface area contributed by atoms with Gasteiger partial charge in [0.2, 0.25) is 17.2 Å². The number of carbonyl (C=O) groups excluding carboxylic acids is 4. The maximum atomic E-state index is 13.4. The van der Waals surface area contributed by atoms with E-state index in [0.29, 0.717) is 11.1 Å². The molecule has 2 saturated heterocycles. The highest BCUT2D eigenvalue weighted by atomic mass is 32.2. The van der Waals surface area contributed by atoms with Gasteiger partial charge in [-0.25, -0.2) is 0 Å². The van der Waals surface area contributed by atoms with Crippen LogP contribution in [0.3, 0.4) is 0 Å². The number of aromatic nitrogens is 2. The van der Waals surface area contributed by atoms with Gasteiger partial charge < -0.3 is 30.4 Å². The Morgan fingerprint density at radius 1 is 1.14 bits per heavy atom. The Balaban J connectivity index is 1.40. The Hall–Kier alpha value is -4.19. The Kier molecular flexibility index (Phi) is 5.98. The van der Waals surface area contributed by atoms with E-state index in [0.717, 1.165) is 0 Å². The number of nitrogens with zero attached hydrogens (tertiary/aromatic N) is 2. The molecule has 2 aliphatic heterocycles. The Labute approximate surface area is 214 Å². The molecule has 37 heavy (non-hydrogen) atoms. The smallest absolute Gasteiger partial charge is 0.257 e. The number of aromatic amines is 1. The minimum atomic E-state index is -1.36. The van der Waals surface area contributed by atoms with Gasteiger partial charge in [-0.3, -0.25) is 24.2 Å². The molecule has 0 bridgehead atoms. The Bertz CT molecular complexity index is 1490. The summed E-state index contributed by atoms with van der Waals surface area (Å²) in [7, 11) is 0. The van der Waals surface area contributed by atoms with Crippen LogP contribution >= 0.6 is 11.8 Å². The van der Waals surface area contributed by atoms with Gasteiger partial charge in [-0.1, -0.05) is 30.3 Å². The molecule has 2 aromatic heterocycles. The summed E-state index contributed by atoms with van der Waals surface area (Å²) in [6.45, 7) is 3.40. The second-order valence-corrected chi connectivity index (χ2v) is 11.1. The second-order valence-electron chi connectivity index (χ2n) is 9.31. The summed E-state index contributed by atoms with van der Waals surface area (Å²) in [4.78, 5) is 71.9. The molecule has 3 amide bonds. The molecular formula is C25H22N5O6S-. The fourth-order valence-electron chi connectivity index (χ4n) is 4.73. The maximum absolute atomic E-state index is 13.4. The van der Waals surface area contributed by atoms with Crippen molar-refractivity contribution in [2.75, 3.05) is 0 Å². The molecule has 5 rings (SSSR count). The number of nitrogens with one attached hydrogen (secondary N) is 3. The molecule has 0 aliphatic carbocycles. The van der Waals surface area contributed by atoms with E-state index in [9.17, 15) is 29.1 Å². The van der Waals surface area contributed by atoms with E-state index in [2.05, 4.69) is 20.6 Å². The zero-order chi connectivity index (χ0) is 26.5. The summed E-state index contributed by atoms with van der Waals surface area (Å²) < 4.78 is -0.809. The number of carboxylic acids is 1. The van der Waals surface area contributed by atoms with Crippen LogP contribution in [0.25, 0.3) is 11.0 Å². The first kappa shape index (κ1) is 24.5. The van der Waals surface area contributed by atoms with Gasteiger partial charge in [0.05, 0.1) is 17.5 Å². The molecule has 3 N–H and O–H groups in total. The summed E-state index contributed by atoms with van der Waals surface area (Å²) in [5, 5.41) is 16.3. The molecule has 0 saturated carbocycles. The average molecular weight is 521 g/mol. The zero-order valence-corrected chi connectivity index (χ0v) is 20.6. The van der Waals surface area contributed by atoms with Gasteiger partial charge in [0.25, 0.3) is 5.91 Å². The van der Waals surface area contributed by atoms with Crippen molar-refractivity contribution in [1.82, 2.24) is 25.5 Å². The van der Waals surface area contributed by atoms with E-state index in [1.165, 1.54) is 29.1 Å². The van der Waals surface area contributed by atoms with Crippen LogP contribution in [0.2, 0.25) is 0 Å². The molecule has 0 unspecified atom stereocenters. The van der Waals surface area contributed by atoms with Crippen molar-refractivity contribution in [2.24, 2.45) is 0 Å².